The van der Waals surface area contributed by atoms with E-state index < -0.39 is 11.8 Å². The van der Waals surface area contributed by atoms with Crippen molar-refractivity contribution in [1.82, 2.24) is 14.5 Å². The summed E-state index contributed by atoms with van der Waals surface area (Å²) in [5, 5.41) is 0. The third-order valence-electron chi connectivity index (χ3n) is 4.83. The number of likely N-dealkylation sites (tertiary alicyclic amines) is 1. The Balaban J connectivity index is 1.78. The van der Waals surface area contributed by atoms with E-state index in [1.165, 1.54) is 36.3 Å². The predicted octanol–water partition coefficient (Wildman–Crippen LogP) is 3.09. The predicted molar refractivity (Wildman–Crippen MR) is 88.5 cm³/mol. The van der Waals surface area contributed by atoms with Crippen LogP contribution < -0.4 is 4.74 Å². The van der Waals surface area contributed by atoms with Crippen molar-refractivity contribution in [2.24, 2.45) is 5.92 Å². The molecule has 0 radical (unpaired) electrons. The molecule has 1 aromatic carbocycles. The SMILES string of the molecule is COc1ccc(C(F)(F)C(=O)N2CC[C@H](C)[C@H](n3ccnc3)C2)cc1. The quantitative estimate of drug-likeness (QED) is 0.852. The Morgan fingerprint density at radius 3 is 2.64 bits per heavy atom. The van der Waals surface area contributed by atoms with Gasteiger partial charge in [0.25, 0.3) is 5.91 Å². The van der Waals surface area contributed by atoms with E-state index in [1.807, 2.05) is 4.57 Å². The van der Waals surface area contributed by atoms with E-state index in [4.69, 9.17) is 4.74 Å². The molecule has 5 nitrogen and oxygen atoms in total. The van der Waals surface area contributed by atoms with E-state index in [1.54, 1.807) is 18.7 Å². The van der Waals surface area contributed by atoms with Crippen molar-refractivity contribution >= 4 is 5.91 Å². The summed E-state index contributed by atoms with van der Waals surface area (Å²) in [7, 11) is 1.46. The number of nitrogens with zero attached hydrogens (tertiary/aromatic N) is 3. The number of methoxy groups -OCH3 is 1. The van der Waals surface area contributed by atoms with Crippen LogP contribution in [0.2, 0.25) is 0 Å². The summed E-state index contributed by atoms with van der Waals surface area (Å²) in [4.78, 5) is 17.8. The van der Waals surface area contributed by atoms with Crippen LogP contribution in [-0.2, 0) is 10.7 Å². The van der Waals surface area contributed by atoms with Gasteiger partial charge < -0.3 is 14.2 Å². The van der Waals surface area contributed by atoms with Crippen LogP contribution in [0.3, 0.4) is 0 Å². The molecule has 3 rings (SSSR count). The van der Waals surface area contributed by atoms with Crippen LogP contribution in [0.1, 0.15) is 24.9 Å². The number of hydrogen-bond donors (Lipinski definition) is 0. The van der Waals surface area contributed by atoms with E-state index in [0.717, 1.165) is 0 Å². The highest BCUT2D eigenvalue weighted by Crippen LogP contribution is 2.35. The number of ether oxygens (including phenoxy) is 1. The van der Waals surface area contributed by atoms with Gasteiger partial charge in [0.05, 0.1) is 19.5 Å². The van der Waals surface area contributed by atoms with Crippen LogP contribution in [0.15, 0.2) is 43.0 Å². The maximum absolute atomic E-state index is 14.7. The van der Waals surface area contributed by atoms with Crippen molar-refractivity contribution in [1.29, 1.82) is 0 Å². The Morgan fingerprint density at radius 1 is 1.32 bits per heavy atom. The molecule has 25 heavy (non-hydrogen) atoms. The summed E-state index contributed by atoms with van der Waals surface area (Å²) >= 11 is 0. The second-order valence-corrected chi connectivity index (χ2v) is 6.40. The molecule has 1 amide bonds. The van der Waals surface area contributed by atoms with Gasteiger partial charge in [-0.3, -0.25) is 4.79 Å². The molecule has 1 aliphatic heterocycles. The van der Waals surface area contributed by atoms with Crippen molar-refractivity contribution in [3.63, 3.8) is 0 Å². The van der Waals surface area contributed by atoms with Gasteiger partial charge in [0.1, 0.15) is 5.75 Å². The Kier molecular flexibility index (Phi) is 4.74. The number of rotatable bonds is 4. The minimum absolute atomic E-state index is 0.0492. The zero-order valence-corrected chi connectivity index (χ0v) is 14.2. The highest BCUT2D eigenvalue weighted by atomic mass is 19.3. The molecule has 7 heteroatoms. The van der Waals surface area contributed by atoms with Crippen LogP contribution in [-0.4, -0.2) is 40.6 Å². The van der Waals surface area contributed by atoms with Crippen LogP contribution in [0.25, 0.3) is 0 Å². The van der Waals surface area contributed by atoms with Crippen molar-refractivity contribution in [2.45, 2.75) is 25.3 Å². The fourth-order valence-corrected chi connectivity index (χ4v) is 3.21. The number of benzene rings is 1. The lowest BCUT2D eigenvalue weighted by Gasteiger charge is -2.39. The van der Waals surface area contributed by atoms with Gasteiger partial charge in [-0.15, -0.1) is 0 Å². The number of amides is 1. The van der Waals surface area contributed by atoms with E-state index in [-0.39, 0.29) is 24.1 Å². The highest BCUT2D eigenvalue weighted by Gasteiger charge is 2.45. The highest BCUT2D eigenvalue weighted by molar-refractivity contribution is 5.85. The third kappa shape index (κ3) is 3.36. The van der Waals surface area contributed by atoms with E-state index in [2.05, 4.69) is 11.9 Å². The molecule has 0 spiro atoms. The van der Waals surface area contributed by atoms with Gasteiger partial charge >= 0.3 is 5.92 Å². The largest absolute Gasteiger partial charge is 0.497 e. The van der Waals surface area contributed by atoms with Crippen LogP contribution in [0.5, 0.6) is 5.75 Å². The Morgan fingerprint density at radius 2 is 2.04 bits per heavy atom. The van der Waals surface area contributed by atoms with Crippen molar-refractivity contribution in [3.05, 3.63) is 48.5 Å². The molecule has 0 unspecified atom stereocenters. The first kappa shape index (κ1) is 17.4. The minimum Gasteiger partial charge on any atom is -0.497 e. The molecule has 1 saturated heterocycles. The summed E-state index contributed by atoms with van der Waals surface area (Å²) in [5.74, 6) is -3.96. The van der Waals surface area contributed by atoms with Crippen LogP contribution in [0.4, 0.5) is 8.78 Å². The number of hydrogen-bond acceptors (Lipinski definition) is 3. The molecular formula is C18H21F2N3O2. The number of aromatic nitrogens is 2. The van der Waals surface area contributed by atoms with Crippen molar-refractivity contribution in [2.75, 3.05) is 20.2 Å². The average molecular weight is 349 g/mol. The van der Waals surface area contributed by atoms with E-state index in [9.17, 15) is 13.6 Å². The van der Waals surface area contributed by atoms with Gasteiger partial charge in [0.2, 0.25) is 0 Å². The van der Waals surface area contributed by atoms with Crippen molar-refractivity contribution in [3.8, 4) is 5.75 Å². The lowest BCUT2D eigenvalue weighted by Crippen LogP contribution is -2.49. The third-order valence-corrected chi connectivity index (χ3v) is 4.83. The monoisotopic (exact) mass is 349 g/mol. The lowest BCUT2D eigenvalue weighted by atomic mass is 9.92. The number of imidazole rings is 1. The Bertz CT molecular complexity index is 716. The normalized spacial score (nSPS) is 21.2. The van der Waals surface area contributed by atoms with Gasteiger partial charge in [-0.2, -0.15) is 8.78 Å². The number of carbonyl (C=O) groups excluding carboxylic acids is 1. The molecule has 0 aliphatic carbocycles. The standard InChI is InChI=1S/C18H21F2N3O2/c1-13-7-9-22(11-16(13)23-10-8-21-12-23)17(24)18(19,20)14-3-5-15(25-2)6-4-14/h3-6,8,10,12-13,16H,7,9,11H2,1-2H3/t13-,16+/m0/s1. The second-order valence-electron chi connectivity index (χ2n) is 6.40. The summed E-state index contributed by atoms with van der Waals surface area (Å²) in [6.07, 6.45) is 5.79. The second kappa shape index (κ2) is 6.82. The van der Waals surface area contributed by atoms with Gasteiger partial charge in [-0.05, 0) is 36.6 Å². The molecule has 1 aromatic heterocycles. The summed E-state index contributed by atoms with van der Waals surface area (Å²) < 4.78 is 36.2. The van der Waals surface area contributed by atoms with Crippen LogP contribution in [0, 0.1) is 5.92 Å². The first-order valence-electron chi connectivity index (χ1n) is 8.22. The molecule has 0 saturated carbocycles. The molecule has 134 valence electrons. The fourth-order valence-electron chi connectivity index (χ4n) is 3.21. The average Bonchev–Trinajstić information content (AvgIpc) is 3.16. The Labute approximate surface area is 145 Å². The van der Waals surface area contributed by atoms with Crippen molar-refractivity contribution < 1.29 is 18.3 Å². The maximum atomic E-state index is 14.7. The molecule has 1 aliphatic rings. The number of carbonyl (C=O) groups is 1. The molecule has 0 bridgehead atoms. The smallest absolute Gasteiger partial charge is 0.349 e. The zero-order chi connectivity index (χ0) is 18.0. The molecule has 2 aromatic rings. The van der Waals surface area contributed by atoms with Gasteiger partial charge in [0, 0.05) is 31.0 Å². The first-order chi connectivity index (χ1) is 11.9. The zero-order valence-electron chi connectivity index (χ0n) is 14.2. The van der Waals surface area contributed by atoms with E-state index >= 15 is 0 Å². The minimum atomic E-state index is -3.56. The molecule has 0 N–H and O–H groups in total. The topological polar surface area (TPSA) is 47.4 Å². The molecule has 2 heterocycles. The fraction of sp³-hybridized carbons (Fsp3) is 0.444. The first-order valence-corrected chi connectivity index (χ1v) is 8.22. The van der Waals surface area contributed by atoms with E-state index in [0.29, 0.717) is 18.7 Å². The summed E-state index contributed by atoms with van der Waals surface area (Å²) in [6.45, 7) is 2.65. The maximum Gasteiger partial charge on any atom is 0.349 e. The van der Waals surface area contributed by atoms with Gasteiger partial charge in [-0.1, -0.05) is 6.92 Å². The molecule has 2 atom stereocenters. The van der Waals surface area contributed by atoms with Gasteiger partial charge in [0.15, 0.2) is 0 Å². The number of alkyl halides is 2. The number of halogens is 2. The van der Waals surface area contributed by atoms with Crippen LogP contribution >= 0.6 is 0 Å². The molecular weight excluding hydrogens is 328 g/mol. The summed E-state index contributed by atoms with van der Waals surface area (Å²) in [5.41, 5.74) is -0.323. The Hall–Kier alpha value is -2.44. The molecule has 1 fully saturated rings. The lowest BCUT2D eigenvalue weighted by molar-refractivity contribution is -0.161. The van der Waals surface area contributed by atoms with Gasteiger partial charge in [-0.25, -0.2) is 4.98 Å². The summed E-state index contributed by atoms with van der Waals surface area (Å²) in [6, 6.07) is 5.28. The number of piperidine rings is 1.